The van der Waals surface area contributed by atoms with E-state index in [-0.39, 0.29) is 11.9 Å². The number of carbonyl (C=O) groups is 1. The van der Waals surface area contributed by atoms with Gasteiger partial charge in [-0.25, -0.2) is 13.1 Å². The van der Waals surface area contributed by atoms with Crippen molar-refractivity contribution in [1.82, 2.24) is 14.6 Å². The molecule has 7 nitrogen and oxygen atoms in total. The van der Waals surface area contributed by atoms with E-state index >= 15 is 0 Å². The fourth-order valence-electron chi connectivity index (χ4n) is 6.00. The molecule has 3 heterocycles. The normalized spacial score (nSPS) is 18.1. The standard InChI is InChI=1S/C30H41N3O4S2/c1-20-25(29(34)31-22-12-15-37-16-13-22)18-26(33(20)19-21-8-6-5-7-9-21)23-10-11-27(28-24(23)14-17-38-28)39(35,36)32-30(2,3)4/h10-11,14,17-18,21-22,32H,5-9,12-13,15-16,19H2,1-4H3,(H,31,34). The maximum Gasteiger partial charge on any atom is 0.253 e. The molecule has 1 saturated carbocycles. The molecule has 1 saturated heterocycles. The van der Waals surface area contributed by atoms with Crippen LogP contribution in [0.1, 0.15) is 81.8 Å². The predicted molar refractivity (Wildman–Crippen MR) is 158 cm³/mol. The summed E-state index contributed by atoms with van der Waals surface area (Å²) in [5.74, 6) is 0.529. The van der Waals surface area contributed by atoms with Crippen molar-refractivity contribution in [2.24, 2.45) is 5.92 Å². The average Bonchev–Trinajstić information content (AvgIpc) is 3.49. The molecule has 212 valence electrons. The Bertz CT molecular complexity index is 1440. The summed E-state index contributed by atoms with van der Waals surface area (Å²) in [4.78, 5) is 13.8. The van der Waals surface area contributed by atoms with E-state index in [0.717, 1.165) is 46.4 Å². The Morgan fingerprint density at radius 2 is 1.79 bits per heavy atom. The number of hydrogen-bond acceptors (Lipinski definition) is 5. The number of amides is 1. The minimum absolute atomic E-state index is 0.0434. The van der Waals surface area contributed by atoms with Crippen LogP contribution in [0.3, 0.4) is 0 Å². The lowest BCUT2D eigenvalue weighted by Crippen LogP contribution is -2.40. The highest BCUT2D eigenvalue weighted by Gasteiger charge is 2.28. The molecule has 0 radical (unpaired) electrons. The summed E-state index contributed by atoms with van der Waals surface area (Å²) in [6.45, 7) is 9.79. The second-order valence-electron chi connectivity index (χ2n) is 12.1. The van der Waals surface area contributed by atoms with Gasteiger partial charge in [0.2, 0.25) is 10.0 Å². The molecule has 2 aliphatic rings. The average molecular weight is 572 g/mol. The number of ether oxygens (including phenoxy) is 1. The molecule has 1 amide bonds. The lowest BCUT2D eigenvalue weighted by molar-refractivity contribution is 0.0696. The van der Waals surface area contributed by atoms with E-state index < -0.39 is 15.6 Å². The first-order valence-electron chi connectivity index (χ1n) is 14.2. The highest BCUT2D eigenvalue weighted by molar-refractivity contribution is 7.90. The van der Waals surface area contributed by atoms with Gasteiger partial charge in [0, 0.05) is 53.7 Å². The van der Waals surface area contributed by atoms with E-state index in [9.17, 15) is 13.2 Å². The topological polar surface area (TPSA) is 89.4 Å². The number of thiophene rings is 1. The Morgan fingerprint density at radius 1 is 1.08 bits per heavy atom. The Morgan fingerprint density at radius 3 is 2.49 bits per heavy atom. The van der Waals surface area contributed by atoms with Crippen LogP contribution >= 0.6 is 11.3 Å². The number of rotatable bonds is 7. The molecule has 2 aromatic heterocycles. The van der Waals surface area contributed by atoms with Crippen molar-refractivity contribution in [2.45, 2.75) is 95.7 Å². The molecule has 9 heteroatoms. The van der Waals surface area contributed by atoms with Gasteiger partial charge in [0.15, 0.2) is 0 Å². The zero-order valence-electron chi connectivity index (χ0n) is 23.5. The van der Waals surface area contributed by atoms with E-state index in [4.69, 9.17) is 4.74 Å². The molecule has 5 rings (SSSR count). The third-order valence-corrected chi connectivity index (χ3v) is 10.8. The van der Waals surface area contributed by atoms with Crippen LogP contribution in [0.5, 0.6) is 0 Å². The van der Waals surface area contributed by atoms with Gasteiger partial charge in [-0.2, -0.15) is 0 Å². The molecular formula is C30H41N3O4S2. The zero-order valence-corrected chi connectivity index (χ0v) is 25.1. The third-order valence-electron chi connectivity index (χ3n) is 7.92. The van der Waals surface area contributed by atoms with Gasteiger partial charge in [-0.3, -0.25) is 4.79 Å². The molecule has 2 N–H and O–H groups in total. The summed E-state index contributed by atoms with van der Waals surface area (Å²) in [5, 5.41) is 6.08. The number of aromatic nitrogens is 1. The van der Waals surface area contributed by atoms with Crippen LogP contribution in [0, 0.1) is 12.8 Å². The Kier molecular flexibility index (Phi) is 8.25. The summed E-state index contributed by atoms with van der Waals surface area (Å²) in [6.07, 6.45) is 7.84. The molecule has 0 spiro atoms. The molecule has 1 aromatic carbocycles. The lowest BCUT2D eigenvalue weighted by Gasteiger charge is -2.25. The fraction of sp³-hybridized carbons (Fsp3) is 0.567. The van der Waals surface area contributed by atoms with Gasteiger partial charge < -0.3 is 14.6 Å². The number of hydrogen-bond donors (Lipinski definition) is 2. The van der Waals surface area contributed by atoms with E-state index in [1.807, 2.05) is 51.3 Å². The molecule has 0 unspecified atom stereocenters. The van der Waals surface area contributed by atoms with Crippen molar-refractivity contribution in [1.29, 1.82) is 0 Å². The minimum Gasteiger partial charge on any atom is -0.381 e. The maximum absolute atomic E-state index is 13.5. The first-order valence-corrected chi connectivity index (χ1v) is 16.5. The molecule has 3 aromatic rings. The SMILES string of the molecule is Cc1c(C(=O)NC2CCOCC2)cc(-c2ccc(S(=O)(=O)NC(C)(C)C)c3sccc23)n1CC1CCCCC1. The van der Waals surface area contributed by atoms with Crippen LogP contribution in [0.2, 0.25) is 0 Å². The van der Waals surface area contributed by atoms with Crippen molar-refractivity contribution in [3.05, 3.63) is 40.9 Å². The van der Waals surface area contributed by atoms with Crippen LogP contribution < -0.4 is 10.0 Å². The van der Waals surface area contributed by atoms with Crippen molar-refractivity contribution >= 4 is 37.4 Å². The second kappa shape index (κ2) is 11.4. The van der Waals surface area contributed by atoms with E-state index in [1.54, 1.807) is 6.07 Å². The van der Waals surface area contributed by atoms with Gasteiger partial charge in [-0.05, 0) is 82.9 Å². The number of sulfonamides is 1. The van der Waals surface area contributed by atoms with E-state index in [2.05, 4.69) is 14.6 Å². The first kappa shape index (κ1) is 28.3. The van der Waals surface area contributed by atoms with Crippen LogP contribution in [0.25, 0.3) is 21.3 Å². The molecule has 1 aliphatic heterocycles. The summed E-state index contributed by atoms with van der Waals surface area (Å²) >= 11 is 1.44. The van der Waals surface area contributed by atoms with Crippen LogP contribution in [-0.2, 0) is 21.3 Å². The first-order chi connectivity index (χ1) is 18.5. The number of fused-ring (bicyclic) bond motifs is 1. The summed E-state index contributed by atoms with van der Waals surface area (Å²) in [7, 11) is -3.70. The van der Waals surface area contributed by atoms with Crippen LogP contribution in [0.15, 0.2) is 34.5 Å². The second-order valence-corrected chi connectivity index (χ2v) is 14.7. The van der Waals surface area contributed by atoms with Crippen molar-refractivity contribution in [2.75, 3.05) is 13.2 Å². The summed E-state index contributed by atoms with van der Waals surface area (Å²) < 4.78 is 37.9. The quantitative estimate of drug-likeness (QED) is 0.351. The number of nitrogens with zero attached hydrogens (tertiary/aromatic N) is 1. The fourth-order valence-corrected chi connectivity index (χ4v) is 8.82. The van der Waals surface area contributed by atoms with E-state index in [0.29, 0.717) is 29.6 Å². The summed E-state index contributed by atoms with van der Waals surface area (Å²) in [5.41, 5.74) is 3.02. The lowest BCUT2D eigenvalue weighted by atomic mass is 9.89. The van der Waals surface area contributed by atoms with Gasteiger partial charge in [-0.15, -0.1) is 11.3 Å². The largest absolute Gasteiger partial charge is 0.381 e. The van der Waals surface area contributed by atoms with Gasteiger partial charge in [0.1, 0.15) is 0 Å². The van der Waals surface area contributed by atoms with E-state index in [1.165, 1.54) is 43.4 Å². The van der Waals surface area contributed by atoms with Crippen molar-refractivity contribution in [3.8, 4) is 11.3 Å². The van der Waals surface area contributed by atoms with Crippen LogP contribution in [0.4, 0.5) is 0 Å². The van der Waals surface area contributed by atoms with Crippen molar-refractivity contribution in [3.63, 3.8) is 0 Å². The predicted octanol–water partition coefficient (Wildman–Crippen LogP) is 6.24. The smallest absolute Gasteiger partial charge is 0.253 e. The number of carbonyl (C=O) groups excluding carboxylic acids is 1. The molecular weight excluding hydrogens is 530 g/mol. The highest BCUT2D eigenvalue weighted by atomic mass is 32.2. The Hall–Kier alpha value is -2.20. The number of nitrogens with one attached hydrogen (secondary N) is 2. The molecule has 1 aliphatic carbocycles. The van der Waals surface area contributed by atoms with Crippen LogP contribution in [-0.4, -0.2) is 43.7 Å². The monoisotopic (exact) mass is 571 g/mol. The van der Waals surface area contributed by atoms with Gasteiger partial charge in [0.25, 0.3) is 5.91 Å². The Labute approximate surface area is 236 Å². The zero-order chi connectivity index (χ0) is 27.8. The molecule has 39 heavy (non-hydrogen) atoms. The molecule has 0 atom stereocenters. The molecule has 0 bridgehead atoms. The van der Waals surface area contributed by atoms with Gasteiger partial charge >= 0.3 is 0 Å². The Balaban J connectivity index is 1.57. The highest BCUT2D eigenvalue weighted by Crippen LogP contribution is 2.39. The maximum atomic E-state index is 13.5. The minimum atomic E-state index is -3.70. The van der Waals surface area contributed by atoms with Gasteiger partial charge in [-0.1, -0.05) is 25.3 Å². The molecule has 2 fully saturated rings. The third kappa shape index (κ3) is 6.26. The van der Waals surface area contributed by atoms with Gasteiger partial charge in [0.05, 0.1) is 15.2 Å². The number of benzene rings is 1. The summed E-state index contributed by atoms with van der Waals surface area (Å²) in [6, 6.07) is 7.77. The van der Waals surface area contributed by atoms with Crippen molar-refractivity contribution < 1.29 is 17.9 Å².